The van der Waals surface area contributed by atoms with Gasteiger partial charge in [0.2, 0.25) is 5.91 Å². The molecule has 0 bridgehead atoms. The Hall–Kier alpha value is -1.36. The third-order valence-electron chi connectivity index (χ3n) is 2.89. The van der Waals surface area contributed by atoms with Gasteiger partial charge in [0.05, 0.1) is 5.92 Å². The molecule has 1 amide bonds. The average Bonchev–Trinajstić information content (AvgIpc) is 2.28. The van der Waals surface area contributed by atoms with Crippen LogP contribution in [0.4, 0.5) is 0 Å². The van der Waals surface area contributed by atoms with Crippen molar-refractivity contribution in [2.24, 2.45) is 5.92 Å². The maximum atomic E-state index is 11.7. The summed E-state index contributed by atoms with van der Waals surface area (Å²) in [6.07, 6.45) is 4.51. The van der Waals surface area contributed by atoms with Crippen molar-refractivity contribution in [3.8, 4) is 0 Å². The first-order valence-corrected chi connectivity index (χ1v) is 5.83. The number of carboxylic acids is 1. The molecular weight excluding hydrogens is 220 g/mol. The Morgan fingerprint density at radius 1 is 1.35 bits per heavy atom. The molecule has 1 fully saturated rings. The Labute approximate surface area is 102 Å². The molecule has 1 rings (SSSR count). The van der Waals surface area contributed by atoms with Gasteiger partial charge in [-0.1, -0.05) is 6.08 Å². The van der Waals surface area contributed by atoms with Gasteiger partial charge in [-0.2, -0.15) is 0 Å². The first-order chi connectivity index (χ1) is 8.00. The summed E-state index contributed by atoms with van der Waals surface area (Å²) in [5.41, 5.74) is 0. The van der Waals surface area contributed by atoms with Crippen LogP contribution in [0.25, 0.3) is 0 Å². The van der Waals surface area contributed by atoms with Crippen molar-refractivity contribution >= 4 is 11.9 Å². The van der Waals surface area contributed by atoms with Crippen LogP contribution >= 0.6 is 0 Å². The van der Waals surface area contributed by atoms with Gasteiger partial charge in [-0.05, 0) is 26.9 Å². The highest BCUT2D eigenvalue weighted by molar-refractivity contribution is 5.87. The lowest BCUT2D eigenvalue weighted by Gasteiger charge is -2.29. The van der Waals surface area contributed by atoms with Gasteiger partial charge in [0.25, 0.3) is 0 Å². The number of piperidine rings is 1. The van der Waals surface area contributed by atoms with Gasteiger partial charge in [0, 0.05) is 25.7 Å². The van der Waals surface area contributed by atoms with E-state index >= 15 is 0 Å². The van der Waals surface area contributed by atoms with Gasteiger partial charge in [-0.25, -0.2) is 0 Å². The highest BCUT2D eigenvalue weighted by Gasteiger charge is 2.25. The van der Waals surface area contributed by atoms with Crippen LogP contribution in [0, 0.1) is 5.92 Å². The van der Waals surface area contributed by atoms with Crippen LogP contribution in [0.15, 0.2) is 12.2 Å². The molecule has 0 aromatic rings. The van der Waals surface area contributed by atoms with Gasteiger partial charge in [-0.15, -0.1) is 0 Å². The number of carbonyl (C=O) groups is 2. The molecule has 0 aliphatic carbocycles. The zero-order chi connectivity index (χ0) is 12.8. The summed E-state index contributed by atoms with van der Waals surface area (Å²) >= 11 is 0. The molecular formula is C12H20N2O3. The van der Waals surface area contributed by atoms with Crippen molar-refractivity contribution in [1.29, 1.82) is 0 Å². The minimum Gasteiger partial charge on any atom is -0.481 e. The Kier molecular flexibility index (Phi) is 5.15. The summed E-state index contributed by atoms with van der Waals surface area (Å²) in [5.74, 6) is -1.05. The molecule has 0 radical (unpaired) electrons. The van der Waals surface area contributed by atoms with Crippen LogP contribution in [0.5, 0.6) is 0 Å². The van der Waals surface area contributed by atoms with Crippen molar-refractivity contribution in [3.05, 3.63) is 12.2 Å². The van der Waals surface area contributed by atoms with Gasteiger partial charge < -0.3 is 14.9 Å². The lowest BCUT2D eigenvalue weighted by Crippen LogP contribution is -2.39. The molecule has 0 unspecified atom stereocenters. The minimum atomic E-state index is -0.750. The summed E-state index contributed by atoms with van der Waals surface area (Å²) in [6, 6.07) is 0. The molecule has 1 N–H and O–H groups in total. The Morgan fingerprint density at radius 3 is 2.41 bits per heavy atom. The van der Waals surface area contributed by atoms with Crippen molar-refractivity contribution in [2.45, 2.75) is 12.8 Å². The molecule has 1 aliphatic heterocycles. The monoisotopic (exact) mass is 240 g/mol. The van der Waals surface area contributed by atoms with E-state index in [1.54, 1.807) is 11.0 Å². The van der Waals surface area contributed by atoms with Gasteiger partial charge >= 0.3 is 5.97 Å². The number of rotatable bonds is 4. The topological polar surface area (TPSA) is 60.9 Å². The SMILES string of the molecule is CN(C)C/C=C/C(=O)N1CCC(C(=O)O)CC1. The Balaban J connectivity index is 2.35. The number of hydrogen-bond donors (Lipinski definition) is 1. The van der Waals surface area contributed by atoms with Crippen LogP contribution in [0.3, 0.4) is 0 Å². The molecule has 96 valence electrons. The van der Waals surface area contributed by atoms with Crippen molar-refractivity contribution in [2.75, 3.05) is 33.7 Å². The molecule has 1 heterocycles. The number of nitrogens with zero attached hydrogens (tertiary/aromatic N) is 2. The molecule has 0 saturated carbocycles. The van der Waals surface area contributed by atoms with E-state index in [4.69, 9.17) is 5.11 Å². The largest absolute Gasteiger partial charge is 0.481 e. The number of carboxylic acid groups (broad SMARTS) is 1. The highest BCUT2D eigenvalue weighted by Crippen LogP contribution is 2.17. The van der Waals surface area contributed by atoms with Gasteiger partial charge in [0.1, 0.15) is 0 Å². The number of likely N-dealkylation sites (N-methyl/N-ethyl adjacent to an activating group) is 1. The molecule has 5 nitrogen and oxygen atoms in total. The Morgan fingerprint density at radius 2 is 1.94 bits per heavy atom. The van der Waals surface area contributed by atoms with Crippen LogP contribution in [0.1, 0.15) is 12.8 Å². The van der Waals surface area contributed by atoms with E-state index in [2.05, 4.69) is 0 Å². The van der Waals surface area contributed by atoms with E-state index in [-0.39, 0.29) is 11.8 Å². The highest BCUT2D eigenvalue weighted by atomic mass is 16.4. The van der Waals surface area contributed by atoms with E-state index in [1.807, 2.05) is 25.1 Å². The summed E-state index contributed by atoms with van der Waals surface area (Å²) < 4.78 is 0. The summed E-state index contributed by atoms with van der Waals surface area (Å²) in [4.78, 5) is 26.2. The molecule has 5 heteroatoms. The quantitative estimate of drug-likeness (QED) is 0.724. The maximum Gasteiger partial charge on any atom is 0.306 e. The first-order valence-electron chi connectivity index (χ1n) is 5.83. The number of aliphatic carboxylic acids is 1. The van der Waals surface area contributed by atoms with Gasteiger partial charge in [-0.3, -0.25) is 9.59 Å². The van der Waals surface area contributed by atoms with E-state index in [1.165, 1.54) is 0 Å². The molecule has 0 aromatic carbocycles. The summed E-state index contributed by atoms with van der Waals surface area (Å²) in [7, 11) is 3.88. The maximum absolute atomic E-state index is 11.7. The minimum absolute atomic E-state index is 0.0179. The fourth-order valence-electron chi connectivity index (χ4n) is 1.82. The van der Waals surface area contributed by atoms with E-state index in [9.17, 15) is 9.59 Å². The van der Waals surface area contributed by atoms with Gasteiger partial charge in [0.15, 0.2) is 0 Å². The number of hydrogen-bond acceptors (Lipinski definition) is 3. The smallest absolute Gasteiger partial charge is 0.306 e. The molecule has 17 heavy (non-hydrogen) atoms. The average molecular weight is 240 g/mol. The first kappa shape index (κ1) is 13.7. The summed E-state index contributed by atoms with van der Waals surface area (Å²) in [5, 5.41) is 8.84. The second-order valence-electron chi connectivity index (χ2n) is 4.60. The fourth-order valence-corrected chi connectivity index (χ4v) is 1.82. The summed E-state index contributed by atoms with van der Waals surface area (Å²) in [6.45, 7) is 1.82. The fraction of sp³-hybridized carbons (Fsp3) is 0.667. The molecule has 1 saturated heterocycles. The van der Waals surface area contributed by atoms with Crippen molar-refractivity contribution < 1.29 is 14.7 Å². The number of carbonyl (C=O) groups excluding carboxylic acids is 1. The zero-order valence-electron chi connectivity index (χ0n) is 10.4. The molecule has 0 spiro atoms. The molecule has 1 aliphatic rings. The van der Waals surface area contributed by atoms with Crippen LogP contribution in [0.2, 0.25) is 0 Å². The second-order valence-corrected chi connectivity index (χ2v) is 4.60. The molecule has 0 atom stereocenters. The molecule has 0 aromatic heterocycles. The number of likely N-dealkylation sites (tertiary alicyclic amines) is 1. The Bertz CT molecular complexity index is 305. The third-order valence-corrected chi connectivity index (χ3v) is 2.89. The van der Waals surface area contributed by atoms with Crippen molar-refractivity contribution in [1.82, 2.24) is 9.80 Å². The van der Waals surface area contributed by atoms with E-state index in [0.717, 1.165) is 6.54 Å². The van der Waals surface area contributed by atoms with Crippen molar-refractivity contribution in [3.63, 3.8) is 0 Å². The predicted molar refractivity (Wildman–Crippen MR) is 64.6 cm³/mol. The van der Waals surface area contributed by atoms with E-state index in [0.29, 0.717) is 25.9 Å². The van der Waals surface area contributed by atoms with E-state index < -0.39 is 5.97 Å². The van der Waals surface area contributed by atoms with Crippen LogP contribution in [-0.4, -0.2) is 60.5 Å². The third kappa shape index (κ3) is 4.56. The lowest BCUT2D eigenvalue weighted by molar-refractivity contribution is -0.144. The van der Waals surface area contributed by atoms with Crippen LogP contribution < -0.4 is 0 Å². The lowest BCUT2D eigenvalue weighted by atomic mass is 9.97. The second kappa shape index (κ2) is 6.39. The number of amides is 1. The standard InChI is InChI=1S/C12H20N2O3/c1-13(2)7-3-4-11(15)14-8-5-10(6-9-14)12(16)17/h3-4,10H,5-9H2,1-2H3,(H,16,17)/b4-3+. The predicted octanol–water partition coefficient (Wildman–Crippen LogP) is 0.427. The normalized spacial score (nSPS) is 17.9. The zero-order valence-corrected chi connectivity index (χ0v) is 10.4. The van der Waals surface area contributed by atoms with Crippen LogP contribution in [-0.2, 0) is 9.59 Å².